The summed E-state index contributed by atoms with van der Waals surface area (Å²) in [5.41, 5.74) is 0. The van der Waals surface area contributed by atoms with Crippen molar-refractivity contribution >= 4 is 17.8 Å². The molecule has 0 bridgehead atoms. The summed E-state index contributed by atoms with van der Waals surface area (Å²) in [6, 6.07) is -0.376. The maximum absolute atomic E-state index is 11.7. The Morgan fingerprint density at radius 3 is 2.35 bits per heavy atom. The first kappa shape index (κ1) is 16.5. The van der Waals surface area contributed by atoms with Crippen molar-refractivity contribution in [2.24, 2.45) is 17.8 Å². The highest BCUT2D eigenvalue weighted by molar-refractivity contribution is 5.82. The molecule has 1 aliphatic carbocycles. The van der Waals surface area contributed by atoms with Crippen LogP contribution in [0.5, 0.6) is 0 Å². The first-order valence-corrected chi connectivity index (χ1v) is 7.10. The third kappa shape index (κ3) is 5.59. The second kappa shape index (κ2) is 7.26. The molecule has 3 N–H and O–H groups in total. The molecule has 0 heterocycles. The van der Waals surface area contributed by atoms with Gasteiger partial charge in [0.1, 0.15) is 0 Å². The van der Waals surface area contributed by atoms with E-state index in [1.807, 2.05) is 20.8 Å². The molecule has 1 saturated carbocycles. The number of hydrogen-bond donors (Lipinski definition) is 3. The van der Waals surface area contributed by atoms with E-state index in [0.29, 0.717) is 12.5 Å². The van der Waals surface area contributed by atoms with Crippen molar-refractivity contribution in [3.8, 4) is 0 Å². The SMILES string of the molecule is CC(C)C(CC(=O)O)NC(=O)CCNC(=O)C1CC1C. The maximum atomic E-state index is 11.7. The van der Waals surface area contributed by atoms with Crippen molar-refractivity contribution in [3.63, 3.8) is 0 Å². The Balaban J connectivity index is 2.24. The van der Waals surface area contributed by atoms with Crippen molar-refractivity contribution in [3.05, 3.63) is 0 Å². The molecule has 0 aromatic rings. The number of carboxylic acid groups (broad SMARTS) is 1. The second-order valence-corrected chi connectivity index (χ2v) is 5.88. The molecule has 0 aromatic heterocycles. The lowest BCUT2D eigenvalue weighted by Crippen LogP contribution is -2.41. The van der Waals surface area contributed by atoms with Gasteiger partial charge in [0.05, 0.1) is 6.42 Å². The maximum Gasteiger partial charge on any atom is 0.305 e. The summed E-state index contributed by atoms with van der Waals surface area (Å²) in [5, 5.41) is 14.2. The van der Waals surface area contributed by atoms with Gasteiger partial charge in [-0.25, -0.2) is 0 Å². The van der Waals surface area contributed by atoms with Crippen molar-refractivity contribution in [2.75, 3.05) is 6.54 Å². The molecule has 6 nitrogen and oxygen atoms in total. The number of hydrogen-bond acceptors (Lipinski definition) is 3. The molecule has 114 valence electrons. The van der Waals surface area contributed by atoms with Crippen LogP contribution >= 0.6 is 0 Å². The zero-order valence-electron chi connectivity index (χ0n) is 12.3. The molecular weight excluding hydrogens is 260 g/mol. The Morgan fingerprint density at radius 1 is 1.30 bits per heavy atom. The van der Waals surface area contributed by atoms with E-state index in [1.165, 1.54) is 0 Å². The Morgan fingerprint density at radius 2 is 1.90 bits per heavy atom. The number of aliphatic carboxylic acids is 1. The van der Waals surface area contributed by atoms with Crippen LogP contribution in [0.1, 0.15) is 40.0 Å². The van der Waals surface area contributed by atoms with Crippen LogP contribution in [0.3, 0.4) is 0 Å². The largest absolute Gasteiger partial charge is 0.481 e. The predicted octanol–water partition coefficient (Wildman–Crippen LogP) is 0.764. The summed E-state index contributed by atoms with van der Waals surface area (Å²) in [4.78, 5) is 34.0. The minimum Gasteiger partial charge on any atom is -0.481 e. The Hall–Kier alpha value is -1.59. The number of carbonyl (C=O) groups excluding carboxylic acids is 2. The van der Waals surface area contributed by atoms with Crippen LogP contribution in [0.4, 0.5) is 0 Å². The smallest absolute Gasteiger partial charge is 0.305 e. The number of amides is 2. The number of nitrogens with one attached hydrogen (secondary N) is 2. The van der Waals surface area contributed by atoms with Crippen molar-refractivity contribution in [1.29, 1.82) is 0 Å². The van der Waals surface area contributed by atoms with Gasteiger partial charge < -0.3 is 15.7 Å². The normalized spacial score (nSPS) is 22.2. The molecule has 1 fully saturated rings. The van der Waals surface area contributed by atoms with Crippen LogP contribution in [0, 0.1) is 17.8 Å². The summed E-state index contributed by atoms with van der Waals surface area (Å²) >= 11 is 0. The van der Waals surface area contributed by atoms with Crippen LogP contribution in [-0.4, -0.2) is 35.5 Å². The van der Waals surface area contributed by atoms with Crippen LogP contribution in [-0.2, 0) is 14.4 Å². The zero-order chi connectivity index (χ0) is 15.3. The van der Waals surface area contributed by atoms with Gasteiger partial charge in [-0.2, -0.15) is 0 Å². The molecule has 0 radical (unpaired) electrons. The van der Waals surface area contributed by atoms with Crippen LogP contribution in [0.25, 0.3) is 0 Å². The third-order valence-corrected chi connectivity index (χ3v) is 3.64. The predicted molar refractivity (Wildman–Crippen MR) is 73.9 cm³/mol. The van der Waals surface area contributed by atoms with Crippen LogP contribution in [0.2, 0.25) is 0 Å². The first-order valence-electron chi connectivity index (χ1n) is 7.10. The quantitative estimate of drug-likeness (QED) is 0.613. The average Bonchev–Trinajstić information content (AvgIpc) is 3.04. The summed E-state index contributed by atoms with van der Waals surface area (Å²) < 4.78 is 0. The first-order chi connectivity index (χ1) is 9.31. The highest BCUT2D eigenvalue weighted by Gasteiger charge is 2.38. The molecule has 0 saturated heterocycles. The van der Waals surface area contributed by atoms with E-state index in [1.54, 1.807) is 0 Å². The monoisotopic (exact) mass is 284 g/mol. The van der Waals surface area contributed by atoms with Crippen molar-refractivity contribution in [2.45, 2.75) is 46.1 Å². The molecule has 3 unspecified atom stereocenters. The van der Waals surface area contributed by atoms with Gasteiger partial charge in [-0.15, -0.1) is 0 Å². The van der Waals surface area contributed by atoms with Crippen molar-refractivity contribution < 1.29 is 19.5 Å². The molecule has 1 rings (SSSR count). The number of carboxylic acids is 1. The van der Waals surface area contributed by atoms with E-state index in [9.17, 15) is 14.4 Å². The molecule has 6 heteroatoms. The fourth-order valence-electron chi connectivity index (χ4n) is 2.04. The summed E-state index contributed by atoms with van der Waals surface area (Å²) in [6.45, 7) is 6.05. The molecule has 3 atom stereocenters. The van der Waals surface area contributed by atoms with Gasteiger partial charge in [0.2, 0.25) is 11.8 Å². The fraction of sp³-hybridized carbons (Fsp3) is 0.786. The van der Waals surface area contributed by atoms with Crippen molar-refractivity contribution in [1.82, 2.24) is 10.6 Å². The Kier molecular flexibility index (Phi) is 5.98. The van der Waals surface area contributed by atoms with Crippen LogP contribution < -0.4 is 10.6 Å². The van der Waals surface area contributed by atoms with E-state index in [2.05, 4.69) is 10.6 Å². The lowest BCUT2D eigenvalue weighted by atomic mass is 10.0. The van der Waals surface area contributed by atoms with E-state index < -0.39 is 5.97 Å². The van der Waals surface area contributed by atoms with E-state index in [0.717, 1.165) is 6.42 Å². The molecule has 0 spiro atoms. The Bertz CT molecular complexity index is 381. The molecule has 0 aliphatic heterocycles. The standard InChI is InChI=1S/C14H24N2O4/c1-8(2)11(7-13(18)19)16-12(17)4-5-15-14(20)10-6-9(10)3/h8-11H,4-7H2,1-3H3,(H,15,20)(H,16,17)(H,18,19). The van der Waals surface area contributed by atoms with Gasteiger partial charge in [0.15, 0.2) is 0 Å². The highest BCUT2D eigenvalue weighted by Crippen LogP contribution is 2.37. The zero-order valence-corrected chi connectivity index (χ0v) is 12.3. The summed E-state index contributed by atoms with van der Waals surface area (Å²) in [7, 11) is 0. The lowest BCUT2D eigenvalue weighted by molar-refractivity contribution is -0.138. The minimum absolute atomic E-state index is 0.0104. The average molecular weight is 284 g/mol. The fourth-order valence-corrected chi connectivity index (χ4v) is 2.04. The molecule has 1 aliphatic rings. The third-order valence-electron chi connectivity index (χ3n) is 3.64. The van der Waals surface area contributed by atoms with Gasteiger partial charge in [-0.05, 0) is 18.3 Å². The van der Waals surface area contributed by atoms with E-state index in [4.69, 9.17) is 5.11 Å². The van der Waals surface area contributed by atoms with Gasteiger partial charge in [-0.1, -0.05) is 20.8 Å². The van der Waals surface area contributed by atoms with E-state index >= 15 is 0 Å². The lowest BCUT2D eigenvalue weighted by Gasteiger charge is -2.20. The van der Waals surface area contributed by atoms with E-state index in [-0.39, 0.29) is 42.5 Å². The molecule has 0 aromatic carbocycles. The van der Waals surface area contributed by atoms with Gasteiger partial charge in [0, 0.05) is 24.9 Å². The topological polar surface area (TPSA) is 95.5 Å². The van der Waals surface area contributed by atoms with Gasteiger partial charge >= 0.3 is 5.97 Å². The van der Waals surface area contributed by atoms with Gasteiger partial charge in [0.25, 0.3) is 0 Å². The minimum atomic E-state index is -0.931. The molecular formula is C14H24N2O4. The highest BCUT2D eigenvalue weighted by atomic mass is 16.4. The number of carbonyl (C=O) groups is 3. The Labute approximate surface area is 119 Å². The summed E-state index contributed by atoms with van der Waals surface area (Å²) in [5.74, 6) is -0.541. The second-order valence-electron chi connectivity index (χ2n) is 5.88. The number of rotatable bonds is 8. The summed E-state index contributed by atoms with van der Waals surface area (Å²) in [6.07, 6.45) is 1.01. The molecule has 2 amide bonds. The van der Waals surface area contributed by atoms with Crippen LogP contribution in [0.15, 0.2) is 0 Å². The van der Waals surface area contributed by atoms with Gasteiger partial charge in [-0.3, -0.25) is 14.4 Å². The molecule has 20 heavy (non-hydrogen) atoms.